The molecule has 0 radical (unpaired) electrons. The minimum atomic E-state index is -0.914. The number of furan rings is 1. The predicted octanol–water partition coefficient (Wildman–Crippen LogP) is 1.81. The maximum atomic E-state index is 10.8. The van der Waals surface area contributed by atoms with Crippen molar-refractivity contribution < 1.29 is 14.3 Å². The van der Waals surface area contributed by atoms with Gasteiger partial charge in [-0.05, 0) is 18.1 Å². The van der Waals surface area contributed by atoms with Gasteiger partial charge in [0.2, 0.25) is 0 Å². The van der Waals surface area contributed by atoms with E-state index in [-0.39, 0.29) is 5.92 Å². The van der Waals surface area contributed by atoms with Gasteiger partial charge < -0.3 is 9.52 Å². The lowest BCUT2D eigenvalue weighted by Crippen LogP contribution is -2.24. The van der Waals surface area contributed by atoms with Crippen LogP contribution in [0.1, 0.15) is 19.6 Å². The molecule has 76 valence electrons. The number of carboxylic acids is 1. The van der Waals surface area contributed by atoms with Gasteiger partial charge in [-0.2, -0.15) is 0 Å². The third kappa shape index (κ3) is 2.73. The summed E-state index contributed by atoms with van der Waals surface area (Å²) in [6.45, 7) is 3.64. The number of nitrogens with zero attached hydrogens (tertiary/aromatic N) is 1. The lowest BCUT2D eigenvalue weighted by molar-refractivity contribution is -0.139. The van der Waals surface area contributed by atoms with Gasteiger partial charge in [-0.15, -0.1) is 0 Å². The first kappa shape index (κ1) is 10.5. The van der Waals surface area contributed by atoms with E-state index in [4.69, 9.17) is 9.52 Å². The Kier molecular flexibility index (Phi) is 3.45. The zero-order valence-electron chi connectivity index (χ0n) is 8.18. The molecule has 0 aliphatic rings. The highest BCUT2D eigenvalue weighted by Crippen LogP contribution is 2.07. The Labute approximate surface area is 82.3 Å². The van der Waals surface area contributed by atoms with Crippen molar-refractivity contribution in [1.82, 2.24) is 0 Å². The number of aliphatic imine (C=N–C) groups is 1. The number of hydrogen-bond donors (Lipinski definition) is 1. The molecule has 0 aromatic carbocycles. The second-order valence-electron chi connectivity index (χ2n) is 3.32. The van der Waals surface area contributed by atoms with E-state index in [1.165, 1.54) is 12.5 Å². The molecular formula is C10H13NO3. The Hall–Kier alpha value is -1.58. The van der Waals surface area contributed by atoms with Gasteiger partial charge in [-0.25, -0.2) is 4.79 Å². The average Bonchev–Trinajstić information content (AvgIpc) is 2.55. The fraction of sp³-hybridized carbons (Fsp3) is 0.400. The molecule has 1 N–H and O–H groups in total. The Bertz CT molecular complexity index is 314. The van der Waals surface area contributed by atoms with Gasteiger partial charge in [0.25, 0.3) is 0 Å². The SMILES string of the molecule is CC(C)[C@H](N=Cc1ccco1)C(=O)O. The van der Waals surface area contributed by atoms with Crippen molar-refractivity contribution in [3.05, 3.63) is 24.2 Å². The second-order valence-corrected chi connectivity index (χ2v) is 3.32. The summed E-state index contributed by atoms with van der Waals surface area (Å²) in [5.41, 5.74) is 0. The molecule has 14 heavy (non-hydrogen) atoms. The maximum Gasteiger partial charge on any atom is 0.328 e. The molecule has 4 nitrogen and oxygen atoms in total. The molecule has 0 saturated heterocycles. The Morgan fingerprint density at radius 2 is 2.36 bits per heavy atom. The van der Waals surface area contributed by atoms with Gasteiger partial charge in [0.1, 0.15) is 11.8 Å². The Morgan fingerprint density at radius 1 is 1.64 bits per heavy atom. The lowest BCUT2D eigenvalue weighted by Gasteiger charge is -2.09. The summed E-state index contributed by atoms with van der Waals surface area (Å²) in [7, 11) is 0. The molecule has 4 heteroatoms. The molecular weight excluding hydrogens is 182 g/mol. The summed E-state index contributed by atoms with van der Waals surface area (Å²) in [6, 6.07) is 2.75. The molecule has 0 fully saturated rings. The van der Waals surface area contributed by atoms with Crippen molar-refractivity contribution in [2.75, 3.05) is 0 Å². The summed E-state index contributed by atoms with van der Waals surface area (Å²) in [4.78, 5) is 14.7. The normalized spacial score (nSPS) is 13.6. The summed E-state index contributed by atoms with van der Waals surface area (Å²) in [5, 5.41) is 8.83. The van der Waals surface area contributed by atoms with Crippen molar-refractivity contribution in [2.24, 2.45) is 10.9 Å². The van der Waals surface area contributed by atoms with Crippen LogP contribution in [0, 0.1) is 5.92 Å². The molecule has 0 aliphatic carbocycles. The quantitative estimate of drug-likeness (QED) is 0.745. The van der Waals surface area contributed by atoms with Gasteiger partial charge in [0.05, 0.1) is 12.5 Å². The van der Waals surface area contributed by atoms with Crippen LogP contribution < -0.4 is 0 Å². The van der Waals surface area contributed by atoms with Crippen LogP contribution in [0.2, 0.25) is 0 Å². The van der Waals surface area contributed by atoms with Crippen LogP contribution in [0.3, 0.4) is 0 Å². The van der Waals surface area contributed by atoms with Gasteiger partial charge in [0.15, 0.2) is 0 Å². The van der Waals surface area contributed by atoms with E-state index in [0.29, 0.717) is 5.76 Å². The molecule has 0 amide bonds. The van der Waals surface area contributed by atoms with Crippen molar-refractivity contribution >= 4 is 12.2 Å². The third-order valence-corrected chi connectivity index (χ3v) is 1.79. The average molecular weight is 195 g/mol. The topological polar surface area (TPSA) is 62.8 Å². The highest BCUT2D eigenvalue weighted by molar-refractivity contribution is 5.81. The van der Waals surface area contributed by atoms with Gasteiger partial charge >= 0.3 is 5.97 Å². The van der Waals surface area contributed by atoms with E-state index in [9.17, 15) is 4.79 Å². The van der Waals surface area contributed by atoms with Gasteiger partial charge in [-0.1, -0.05) is 13.8 Å². The maximum absolute atomic E-state index is 10.8. The number of carbonyl (C=O) groups is 1. The van der Waals surface area contributed by atoms with E-state index >= 15 is 0 Å². The highest BCUT2D eigenvalue weighted by atomic mass is 16.4. The van der Waals surface area contributed by atoms with Crippen LogP contribution in [0.4, 0.5) is 0 Å². The van der Waals surface area contributed by atoms with E-state index < -0.39 is 12.0 Å². The van der Waals surface area contributed by atoms with Crippen LogP contribution in [0.15, 0.2) is 27.8 Å². The largest absolute Gasteiger partial charge is 0.480 e. The predicted molar refractivity (Wildman–Crippen MR) is 52.6 cm³/mol. The molecule has 1 heterocycles. The standard InChI is InChI=1S/C10H13NO3/c1-7(2)9(10(12)13)11-6-8-4-3-5-14-8/h3-7,9H,1-2H3,(H,12,13)/t9-/m0/s1. The van der Waals surface area contributed by atoms with Crippen LogP contribution in [-0.4, -0.2) is 23.3 Å². The monoisotopic (exact) mass is 195 g/mol. The zero-order valence-corrected chi connectivity index (χ0v) is 8.18. The van der Waals surface area contributed by atoms with Crippen molar-refractivity contribution in [3.8, 4) is 0 Å². The summed E-state index contributed by atoms with van der Waals surface area (Å²) < 4.78 is 5.00. The summed E-state index contributed by atoms with van der Waals surface area (Å²) >= 11 is 0. The molecule has 1 atom stereocenters. The minimum Gasteiger partial charge on any atom is -0.480 e. The Morgan fingerprint density at radius 3 is 2.79 bits per heavy atom. The lowest BCUT2D eigenvalue weighted by atomic mass is 10.1. The second kappa shape index (κ2) is 4.60. The first-order valence-corrected chi connectivity index (χ1v) is 4.40. The number of rotatable bonds is 4. The minimum absolute atomic E-state index is 0.0290. The molecule has 0 aliphatic heterocycles. The molecule has 1 aromatic heterocycles. The van der Waals surface area contributed by atoms with E-state index in [2.05, 4.69) is 4.99 Å². The van der Waals surface area contributed by atoms with E-state index in [1.54, 1.807) is 12.1 Å². The van der Waals surface area contributed by atoms with Crippen molar-refractivity contribution in [2.45, 2.75) is 19.9 Å². The van der Waals surface area contributed by atoms with E-state index in [0.717, 1.165) is 0 Å². The number of hydrogen-bond acceptors (Lipinski definition) is 3. The molecule has 0 saturated carbocycles. The third-order valence-electron chi connectivity index (χ3n) is 1.79. The number of aliphatic carboxylic acids is 1. The molecule has 0 spiro atoms. The first-order valence-electron chi connectivity index (χ1n) is 4.40. The fourth-order valence-electron chi connectivity index (χ4n) is 1.04. The van der Waals surface area contributed by atoms with Crippen LogP contribution in [-0.2, 0) is 4.79 Å². The van der Waals surface area contributed by atoms with Crippen molar-refractivity contribution in [3.63, 3.8) is 0 Å². The van der Waals surface area contributed by atoms with Crippen LogP contribution in [0.5, 0.6) is 0 Å². The highest BCUT2D eigenvalue weighted by Gasteiger charge is 2.19. The zero-order chi connectivity index (χ0) is 10.6. The molecule has 1 rings (SSSR count). The smallest absolute Gasteiger partial charge is 0.328 e. The fourth-order valence-corrected chi connectivity index (χ4v) is 1.04. The van der Waals surface area contributed by atoms with Crippen molar-refractivity contribution in [1.29, 1.82) is 0 Å². The first-order chi connectivity index (χ1) is 6.61. The molecule has 0 bridgehead atoms. The van der Waals surface area contributed by atoms with Crippen LogP contribution in [0.25, 0.3) is 0 Å². The van der Waals surface area contributed by atoms with Gasteiger partial charge in [0, 0.05) is 0 Å². The number of carboxylic acid groups (broad SMARTS) is 1. The summed E-state index contributed by atoms with van der Waals surface area (Å²) in [5.74, 6) is -0.376. The Balaban J connectivity index is 2.69. The summed E-state index contributed by atoms with van der Waals surface area (Å²) in [6.07, 6.45) is 2.96. The molecule has 1 aromatic rings. The van der Waals surface area contributed by atoms with Gasteiger partial charge in [-0.3, -0.25) is 4.99 Å². The molecule has 0 unspecified atom stereocenters. The van der Waals surface area contributed by atoms with E-state index in [1.807, 2.05) is 13.8 Å². The van der Waals surface area contributed by atoms with Crippen LogP contribution >= 0.6 is 0 Å².